The second-order valence-corrected chi connectivity index (χ2v) is 8.83. The van der Waals surface area contributed by atoms with Crippen molar-refractivity contribution in [2.75, 3.05) is 14.2 Å². The van der Waals surface area contributed by atoms with Crippen LogP contribution < -0.4 is 0 Å². The van der Waals surface area contributed by atoms with Gasteiger partial charge in [-0.2, -0.15) is 0 Å². The number of benzene rings is 2. The molecule has 0 heterocycles. The minimum atomic E-state index is -2.12. The Kier molecular flexibility index (Phi) is 11.0. The first-order chi connectivity index (χ1) is 16.2. The number of carbonyl (C=O) groups excluding carboxylic acids is 2. The number of unbranched alkanes of at least 4 members (excludes halogenated alkanes) is 3. The van der Waals surface area contributed by atoms with E-state index >= 15 is 0 Å². The lowest BCUT2D eigenvalue weighted by molar-refractivity contribution is -0.172. The van der Waals surface area contributed by atoms with Crippen molar-refractivity contribution in [2.45, 2.75) is 63.1 Å². The third-order valence-corrected chi connectivity index (χ3v) is 6.00. The van der Waals surface area contributed by atoms with Crippen LogP contribution in [-0.4, -0.2) is 48.1 Å². The molecule has 0 aliphatic carbocycles. The van der Waals surface area contributed by atoms with Crippen molar-refractivity contribution in [1.29, 1.82) is 0 Å². The summed E-state index contributed by atoms with van der Waals surface area (Å²) in [5.74, 6) is -2.02. The van der Waals surface area contributed by atoms with E-state index in [0.29, 0.717) is 17.9 Å². The largest absolute Gasteiger partial charge is 0.469 e. The van der Waals surface area contributed by atoms with Crippen molar-refractivity contribution in [2.24, 2.45) is 0 Å². The van der Waals surface area contributed by atoms with Crippen molar-refractivity contribution in [3.05, 3.63) is 58.9 Å². The quantitative estimate of drug-likeness (QED) is 0.305. The molecule has 6 nitrogen and oxygen atoms in total. The number of hydrogen-bond donors (Lipinski definition) is 2. The summed E-state index contributed by atoms with van der Waals surface area (Å²) < 4.78 is 22.4. The van der Waals surface area contributed by atoms with Crippen LogP contribution in [0.2, 0.25) is 5.02 Å². The first-order valence-electron chi connectivity index (χ1n) is 11.3. The predicted octanol–water partition coefficient (Wildman–Crippen LogP) is 4.86. The van der Waals surface area contributed by atoms with Gasteiger partial charge in [0.25, 0.3) is 0 Å². The molecule has 0 aromatic heterocycles. The highest BCUT2D eigenvalue weighted by molar-refractivity contribution is 6.30. The number of esters is 2. The summed E-state index contributed by atoms with van der Waals surface area (Å²) in [5, 5.41) is 21.4. The Balaban J connectivity index is 1.82. The zero-order chi connectivity index (χ0) is 25.1. The average Bonchev–Trinajstić information content (AvgIpc) is 2.81. The molecule has 34 heavy (non-hydrogen) atoms. The molecule has 0 saturated heterocycles. The molecule has 2 aromatic carbocycles. The number of ether oxygens (including phenoxy) is 2. The number of aliphatic hydroxyl groups is 2. The van der Waals surface area contributed by atoms with Gasteiger partial charge in [0.2, 0.25) is 0 Å². The highest BCUT2D eigenvalue weighted by atomic mass is 35.5. The SMILES string of the molecule is COC(=O)CC(O)(CC(O)CCCCCCc1ccc(Cl)cc1-c1ccc(F)cc1)C(=O)OC. The lowest BCUT2D eigenvalue weighted by Crippen LogP contribution is -2.44. The third-order valence-electron chi connectivity index (χ3n) is 5.76. The Bertz CT molecular complexity index is 949. The van der Waals surface area contributed by atoms with Crippen LogP contribution in [-0.2, 0) is 25.5 Å². The Hall–Kier alpha value is -2.48. The van der Waals surface area contributed by atoms with E-state index in [4.69, 9.17) is 11.6 Å². The standard InChI is InChI=1S/C26H32ClFO6/c1-33-24(30)17-26(32,25(31)34-2)16-22(29)8-6-4-3-5-7-18-9-12-20(27)15-23(18)19-10-13-21(28)14-11-19/h9-15,22,29,32H,3-8,16-17H2,1-2H3. The fourth-order valence-electron chi connectivity index (χ4n) is 3.93. The molecule has 0 radical (unpaired) electrons. The zero-order valence-electron chi connectivity index (χ0n) is 19.6. The number of methoxy groups -OCH3 is 2. The van der Waals surface area contributed by atoms with Crippen LogP contribution in [0.15, 0.2) is 42.5 Å². The van der Waals surface area contributed by atoms with E-state index in [1.54, 1.807) is 12.1 Å². The minimum absolute atomic E-state index is 0.287. The molecule has 2 aromatic rings. The summed E-state index contributed by atoms with van der Waals surface area (Å²) >= 11 is 6.17. The monoisotopic (exact) mass is 494 g/mol. The average molecular weight is 495 g/mol. The first-order valence-corrected chi connectivity index (χ1v) is 11.7. The van der Waals surface area contributed by atoms with Crippen LogP contribution >= 0.6 is 11.6 Å². The Labute approximate surface area is 204 Å². The predicted molar refractivity (Wildman–Crippen MR) is 128 cm³/mol. The second-order valence-electron chi connectivity index (χ2n) is 8.40. The molecule has 0 bridgehead atoms. The fourth-order valence-corrected chi connectivity index (χ4v) is 4.11. The molecule has 0 amide bonds. The summed E-state index contributed by atoms with van der Waals surface area (Å²) in [4.78, 5) is 23.5. The lowest BCUT2D eigenvalue weighted by atomic mass is 9.90. The first kappa shape index (κ1) is 27.8. The molecule has 0 fully saturated rings. The van der Waals surface area contributed by atoms with E-state index in [0.717, 1.165) is 56.6 Å². The normalized spacial score (nSPS) is 13.7. The van der Waals surface area contributed by atoms with Crippen molar-refractivity contribution in [1.82, 2.24) is 0 Å². The summed E-state index contributed by atoms with van der Waals surface area (Å²) in [5.41, 5.74) is 0.900. The van der Waals surface area contributed by atoms with Gasteiger partial charge in [-0.25, -0.2) is 9.18 Å². The molecule has 186 valence electrons. The molecule has 2 rings (SSSR count). The van der Waals surface area contributed by atoms with E-state index in [-0.39, 0.29) is 12.2 Å². The summed E-state index contributed by atoms with van der Waals surface area (Å²) in [6.45, 7) is 0. The summed E-state index contributed by atoms with van der Waals surface area (Å²) in [6, 6.07) is 12.0. The Morgan fingerprint density at radius 2 is 1.71 bits per heavy atom. The van der Waals surface area contributed by atoms with E-state index in [1.807, 2.05) is 18.2 Å². The van der Waals surface area contributed by atoms with E-state index in [1.165, 1.54) is 12.1 Å². The van der Waals surface area contributed by atoms with Gasteiger partial charge in [0.05, 0.1) is 26.7 Å². The van der Waals surface area contributed by atoms with E-state index in [9.17, 15) is 24.2 Å². The lowest BCUT2D eigenvalue weighted by Gasteiger charge is -2.26. The minimum Gasteiger partial charge on any atom is -0.469 e. The van der Waals surface area contributed by atoms with Crippen LogP contribution in [0.5, 0.6) is 0 Å². The smallest absolute Gasteiger partial charge is 0.338 e. The number of carbonyl (C=O) groups is 2. The van der Waals surface area contributed by atoms with Gasteiger partial charge in [0.1, 0.15) is 5.82 Å². The molecule has 2 N–H and O–H groups in total. The number of hydrogen-bond acceptors (Lipinski definition) is 6. The molecular weight excluding hydrogens is 463 g/mol. The van der Waals surface area contributed by atoms with Gasteiger partial charge in [-0.15, -0.1) is 0 Å². The van der Waals surface area contributed by atoms with Gasteiger partial charge >= 0.3 is 11.9 Å². The van der Waals surface area contributed by atoms with Crippen LogP contribution in [0.1, 0.15) is 50.5 Å². The molecule has 0 aliphatic heterocycles. The molecule has 2 atom stereocenters. The van der Waals surface area contributed by atoms with Crippen molar-refractivity contribution >= 4 is 23.5 Å². The van der Waals surface area contributed by atoms with Gasteiger partial charge < -0.3 is 19.7 Å². The van der Waals surface area contributed by atoms with Gasteiger partial charge in [0, 0.05) is 11.4 Å². The van der Waals surface area contributed by atoms with Crippen molar-refractivity contribution in [3.63, 3.8) is 0 Å². The maximum Gasteiger partial charge on any atom is 0.338 e. The van der Waals surface area contributed by atoms with E-state index < -0.39 is 30.1 Å². The summed E-state index contributed by atoms with van der Waals surface area (Å²) in [6.07, 6.45) is 2.74. The van der Waals surface area contributed by atoms with Gasteiger partial charge in [-0.1, -0.05) is 49.1 Å². The zero-order valence-corrected chi connectivity index (χ0v) is 20.3. The van der Waals surface area contributed by atoms with Crippen molar-refractivity contribution < 1.29 is 33.7 Å². The summed E-state index contributed by atoms with van der Waals surface area (Å²) in [7, 11) is 2.27. The van der Waals surface area contributed by atoms with Crippen LogP contribution in [0.25, 0.3) is 11.1 Å². The highest BCUT2D eigenvalue weighted by Crippen LogP contribution is 2.29. The molecule has 2 unspecified atom stereocenters. The Morgan fingerprint density at radius 3 is 2.35 bits per heavy atom. The third kappa shape index (κ3) is 8.38. The van der Waals surface area contributed by atoms with Crippen LogP contribution in [0.4, 0.5) is 4.39 Å². The molecule has 0 saturated carbocycles. The highest BCUT2D eigenvalue weighted by Gasteiger charge is 2.41. The van der Waals surface area contributed by atoms with E-state index in [2.05, 4.69) is 9.47 Å². The van der Waals surface area contributed by atoms with Crippen LogP contribution in [0, 0.1) is 5.82 Å². The number of aliphatic hydroxyl groups excluding tert-OH is 1. The van der Waals surface area contributed by atoms with Crippen LogP contribution in [0.3, 0.4) is 0 Å². The van der Waals surface area contributed by atoms with Gasteiger partial charge in [0.15, 0.2) is 5.60 Å². The number of aryl methyl sites for hydroxylation is 1. The molecular formula is C26H32ClFO6. The number of halogens is 2. The molecule has 8 heteroatoms. The van der Waals surface area contributed by atoms with Gasteiger partial charge in [-0.3, -0.25) is 4.79 Å². The fraction of sp³-hybridized carbons (Fsp3) is 0.462. The molecule has 0 aliphatic rings. The maximum atomic E-state index is 13.3. The van der Waals surface area contributed by atoms with Gasteiger partial charge in [-0.05, 0) is 60.2 Å². The van der Waals surface area contributed by atoms with Crippen molar-refractivity contribution in [3.8, 4) is 11.1 Å². The second kappa shape index (κ2) is 13.4. The Morgan fingerprint density at radius 1 is 1.03 bits per heavy atom. The maximum absolute atomic E-state index is 13.3. The molecule has 0 spiro atoms. The topological polar surface area (TPSA) is 93.1 Å². The number of rotatable bonds is 13.